The molecular weight excluding hydrogens is 837 g/mol. The number of para-hydroxylation sites is 3. The Bertz CT molecular complexity index is 3960. The van der Waals surface area contributed by atoms with Crippen LogP contribution >= 0.6 is 0 Å². The first kappa shape index (κ1) is 40.1. The maximum atomic E-state index is 6.53. The molecule has 324 valence electrons. The van der Waals surface area contributed by atoms with E-state index < -0.39 is 0 Å². The zero-order valence-electron chi connectivity index (χ0n) is 37.7. The van der Waals surface area contributed by atoms with E-state index in [0.717, 1.165) is 66.9 Å². The zero-order chi connectivity index (χ0) is 45.7. The summed E-state index contributed by atoms with van der Waals surface area (Å²) < 4.78 is 8.91. The minimum absolute atomic E-state index is 0.886. The molecule has 0 N–H and O–H groups in total. The fourth-order valence-corrected chi connectivity index (χ4v) is 10.3. The third-order valence-corrected chi connectivity index (χ3v) is 13.6. The number of hydrogen-bond acceptors (Lipinski definition) is 2. The largest absolute Gasteiger partial charge is 0.455 e. The Hall–Kier alpha value is -9.18. The minimum atomic E-state index is 0.886. The number of aromatic nitrogens is 1. The van der Waals surface area contributed by atoms with Crippen LogP contribution in [0.5, 0.6) is 0 Å². The van der Waals surface area contributed by atoms with Crippen molar-refractivity contribution in [2.24, 2.45) is 0 Å². The summed E-state index contributed by atoms with van der Waals surface area (Å²) in [5.41, 5.74) is 20.2. The monoisotopic (exact) mass is 880 g/mol. The van der Waals surface area contributed by atoms with Gasteiger partial charge in [0.15, 0.2) is 0 Å². The normalized spacial score (nSPS) is 11.5. The predicted octanol–water partition coefficient (Wildman–Crippen LogP) is 18.5. The van der Waals surface area contributed by atoms with Crippen molar-refractivity contribution in [3.8, 4) is 61.3 Å². The van der Waals surface area contributed by atoms with Crippen molar-refractivity contribution in [2.45, 2.75) is 0 Å². The van der Waals surface area contributed by atoms with Crippen molar-refractivity contribution in [1.29, 1.82) is 0 Å². The quantitative estimate of drug-likeness (QED) is 0.144. The second-order valence-electron chi connectivity index (χ2n) is 17.7. The van der Waals surface area contributed by atoms with Crippen molar-refractivity contribution in [1.82, 2.24) is 4.57 Å². The molecule has 11 aromatic carbocycles. The molecule has 13 aromatic rings. The molecular formula is C66H44N2O. The van der Waals surface area contributed by atoms with E-state index in [-0.39, 0.29) is 0 Å². The van der Waals surface area contributed by atoms with E-state index in [1.165, 1.54) is 55.2 Å². The molecule has 13 rings (SSSR count). The summed E-state index contributed by atoms with van der Waals surface area (Å²) in [4.78, 5) is 2.36. The Kier molecular flexibility index (Phi) is 9.84. The van der Waals surface area contributed by atoms with Crippen LogP contribution < -0.4 is 4.90 Å². The van der Waals surface area contributed by atoms with Crippen LogP contribution in [0.4, 0.5) is 17.1 Å². The first-order valence-electron chi connectivity index (χ1n) is 23.6. The van der Waals surface area contributed by atoms with Gasteiger partial charge in [-0.3, -0.25) is 0 Å². The first-order chi connectivity index (χ1) is 34.2. The van der Waals surface area contributed by atoms with Crippen molar-refractivity contribution >= 4 is 60.8 Å². The predicted molar refractivity (Wildman–Crippen MR) is 290 cm³/mol. The fourth-order valence-electron chi connectivity index (χ4n) is 10.3. The summed E-state index contributed by atoms with van der Waals surface area (Å²) in [7, 11) is 0. The van der Waals surface area contributed by atoms with E-state index in [9.17, 15) is 0 Å². The molecule has 3 nitrogen and oxygen atoms in total. The molecule has 69 heavy (non-hydrogen) atoms. The molecule has 0 bridgehead atoms. The van der Waals surface area contributed by atoms with Gasteiger partial charge in [0.1, 0.15) is 11.2 Å². The van der Waals surface area contributed by atoms with Crippen LogP contribution in [0.1, 0.15) is 0 Å². The van der Waals surface area contributed by atoms with Gasteiger partial charge in [0.25, 0.3) is 0 Å². The Morgan fingerprint density at radius 2 is 0.739 bits per heavy atom. The van der Waals surface area contributed by atoms with Crippen LogP contribution in [-0.2, 0) is 0 Å². The fraction of sp³-hybridized carbons (Fsp3) is 0. The van der Waals surface area contributed by atoms with Crippen molar-refractivity contribution in [3.05, 3.63) is 267 Å². The van der Waals surface area contributed by atoms with E-state index >= 15 is 0 Å². The topological polar surface area (TPSA) is 21.3 Å². The number of anilines is 3. The maximum absolute atomic E-state index is 6.53. The van der Waals surface area contributed by atoms with Crippen LogP contribution in [0.2, 0.25) is 0 Å². The summed E-state index contributed by atoms with van der Waals surface area (Å²) in [6, 6.07) is 95.9. The Morgan fingerprint density at radius 1 is 0.290 bits per heavy atom. The van der Waals surface area contributed by atoms with Gasteiger partial charge in [0.05, 0.1) is 11.0 Å². The van der Waals surface area contributed by atoms with Crippen LogP contribution in [-0.4, -0.2) is 4.57 Å². The molecule has 0 atom stereocenters. The summed E-state index contributed by atoms with van der Waals surface area (Å²) >= 11 is 0. The van der Waals surface area contributed by atoms with Crippen molar-refractivity contribution in [2.75, 3.05) is 4.90 Å². The zero-order valence-corrected chi connectivity index (χ0v) is 37.7. The molecule has 2 aromatic heterocycles. The summed E-state index contributed by atoms with van der Waals surface area (Å²) in [6.07, 6.45) is 0. The molecule has 0 spiro atoms. The van der Waals surface area contributed by atoms with Gasteiger partial charge in [-0.25, -0.2) is 0 Å². The molecule has 0 aliphatic carbocycles. The van der Waals surface area contributed by atoms with Crippen LogP contribution in [0, 0.1) is 0 Å². The average molecular weight is 881 g/mol. The summed E-state index contributed by atoms with van der Waals surface area (Å²) in [5, 5.41) is 4.72. The lowest BCUT2D eigenvalue weighted by atomic mass is 9.98. The van der Waals surface area contributed by atoms with Gasteiger partial charge in [-0.1, -0.05) is 188 Å². The molecule has 0 amide bonds. The van der Waals surface area contributed by atoms with E-state index in [0.29, 0.717) is 0 Å². The number of benzene rings is 11. The van der Waals surface area contributed by atoms with Gasteiger partial charge >= 0.3 is 0 Å². The van der Waals surface area contributed by atoms with Gasteiger partial charge in [0, 0.05) is 49.9 Å². The van der Waals surface area contributed by atoms with E-state index in [1.54, 1.807) is 0 Å². The molecule has 3 heteroatoms. The molecule has 0 fully saturated rings. The maximum Gasteiger partial charge on any atom is 0.143 e. The third kappa shape index (κ3) is 7.16. The van der Waals surface area contributed by atoms with Crippen molar-refractivity contribution < 1.29 is 4.42 Å². The van der Waals surface area contributed by atoms with Gasteiger partial charge in [0.2, 0.25) is 0 Å². The number of hydrogen-bond donors (Lipinski definition) is 0. The summed E-state index contributed by atoms with van der Waals surface area (Å²) in [6.45, 7) is 0. The average Bonchev–Trinajstić information content (AvgIpc) is 3.98. The smallest absolute Gasteiger partial charge is 0.143 e. The highest BCUT2D eigenvalue weighted by atomic mass is 16.3. The lowest BCUT2D eigenvalue weighted by molar-refractivity contribution is 0.670. The highest BCUT2D eigenvalue weighted by Gasteiger charge is 2.19. The van der Waals surface area contributed by atoms with E-state index in [2.05, 4.69) is 270 Å². The molecule has 0 aliphatic heterocycles. The molecule has 0 aliphatic rings. The Labute approximate surface area is 401 Å². The highest BCUT2D eigenvalue weighted by molar-refractivity contribution is 6.16. The number of fused-ring (bicyclic) bond motifs is 6. The lowest BCUT2D eigenvalue weighted by Crippen LogP contribution is -2.09. The van der Waals surface area contributed by atoms with Gasteiger partial charge < -0.3 is 13.9 Å². The molecule has 0 unspecified atom stereocenters. The Morgan fingerprint density at radius 3 is 1.41 bits per heavy atom. The standard InChI is InChI=1S/C66H44N2O/c1-4-15-45(16-5-1)50-19-12-20-51(43-50)46-29-36-54(37-30-46)67(55-38-31-47(32-39-55)52-35-42-64-61(44-52)59-26-13-25-58(66(59)69-64)48-17-6-2-7-18-48)56-40-33-49(34-41-56)57-24-14-28-63-65(57)60-23-10-11-27-62(60)68(63)53-21-8-3-9-22-53/h1-44H. The molecule has 0 radical (unpaired) electrons. The Balaban J connectivity index is 0.887. The summed E-state index contributed by atoms with van der Waals surface area (Å²) in [5.74, 6) is 0. The SMILES string of the molecule is c1ccc(-c2cccc(-c3ccc(N(c4ccc(-c5ccc6oc7c(-c8ccccc8)cccc7c6c5)cc4)c4ccc(-c5cccc6c5c5ccccc5n6-c5ccccc5)cc4)cc3)c2)cc1. The number of furan rings is 1. The minimum Gasteiger partial charge on any atom is -0.455 e. The van der Waals surface area contributed by atoms with Crippen molar-refractivity contribution in [3.63, 3.8) is 0 Å². The van der Waals surface area contributed by atoms with Crippen LogP contribution in [0.3, 0.4) is 0 Å². The van der Waals surface area contributed by atoms with Crippen LogP contribution in [0.25, 0.3) is 105 Å². The van der Waals surface area contributed by atoms with Gasteiger partial charge in [-0.05, 0) is 129 Å². The second kappa shape index (κ2) is 16.9. The number of rotatable bonds is 9. The molecule has 2 heterocycles. The van der Waals surface area contributed by atoms with Gasteiger partial charge in [-0.15, -0.1) is 0 Å². The number of nitrogens with zero attached hydrogens (tertiary/aromatic N) is 2. The lowest BCUT2D eigenvalue weighted by Gasteiger charge is -2.26. The van der Waals surface area contributed by atoms with Crippen LogP contribution in [0.15, 0.2) is 271 Å². The second-order valence-corrected chi connectivity index (χ2v) is 17.7. The van der Waals surface area contributed by atoms with E-state index in [4.69, 9.17) is 4.42 Å². The third-order valence-electron chi connectivity index (χ3n) is 13.6. The van der Waals surface area contributed by atoms with Gasteiger partial charge in [-0.2, -0.15) is 0 Å². The molecule has 0 saturated heterocycles. The first-order valence-corrected chi connectivity index (χ1v) is 23.6. The molecule has 0 saturated carbocycles. The highest BCUT2D eigenvalue weighted by Crippen LogP contribution is 2.43. The van der Waals surface area contributed by atoms with E-state index in [1.807, 2.05) is 6.07 Å².